The first kappa shape index (κ1) is 14.9. The molecular formula is C15H14N2O3S. The fraction of sp³-hybridized carbons (Fsp3) is 0.133. The van der Waals surface area contributed by atoms with E-state index in [4.69, 9.17) is 12.2 Å². The van der Waals surface area contributed by atoms with E-state index in [0.29, 0.717) is 11.1 Å². The summed E-state index contributed by atoms with van der Waals surface area (Å²) in [6, 6.07) is 4.83. The first-order valence-electron chi connectivity index (χ1n) is 6.23. The maximum Gasteiger partial charge on any atom is 0.265 e. The molecule has 5 nitrogen and oxygen atoms in total. The minimum absolute atomic E-state index is 0.00413. The quantitative estimate of drug-likeness (QED) is 0.384. The van der Waals surface area contributed by atoms with E-state index in [9.17, 15) is 14.7 Å². The lowest BCUT2D eigenvalue weighted by molar-refractivity contribution is -0.128. The van der Waals surface area contributed by atoms with Gasteiger partial charge in [-0.1, -0.05) is 12.1 Å². The summed E-state index contributed by atoms with van der Waals surface area (Å²) in [6.45, 7) is 5.52. The summed E-state index contributed by atoms with van der Waals surface area (Å²) in [5, 5.41) is 12.0. The summed E-state index contributed by atoms with van der Waals surface area (Å²) in [5.74, 6) is -0.837. The molecule has 0 saturated carbocycles. The number of phenolic OH excluding ortho intramolecular Hbond substituents is 1. The molecular weight excluding hydrogens is 288 g/mol. The predicted molar refractivity (Wildman–Crippen MR) is 83.5 cm³/mol. The van der Waals surface area contributed by atoms with Gasteiger partial charge in [0.05, 0.1) is 0 Å². The lowest BCUT2D eigenvalue weighted by atomic mass is 10.1. The average Bonchev–Trinajstić information content (AvgIpc) is 2.43. The predicted octanol–water partition coefficient (Wildman–Crippen LogP) is 1.51. The summed E-state index contributed by atoms with van der Waals surface area (Å²) < 4.78 is 0. The molecule has 0 aliphatic carbocycles. The third kappa shape index (κ3) is 3.00. The van der Waals surface area contributed by atoms with E-state index >= 15 is 0 Å². The van der Waals surface area contributed by atoms with Crippen LogP contribution in [0.15, 0.2) is 36.4 Å². The van der Waals surface area contributed by atoms with Crippen LogP contribution in [-0.4, -0.2) is 33.5 Å². The third-order valence-electron chi connectivity index (χ3n) is 3.03. The van der Waals surface area contributed by atoms with Gasteiger partial charge in [0, 0.05) is 6.54 Å². The first-order valence-corrected chi connectivity index (χ1v) is 6.64. The zero-order valence-corrected chi connectivity index (χ0v) is 12.2. The number of carbonyl (C=O) groups is 2. The molecule has 2 rings (SSSR count). The minimum atomic E-state index is -0.531. The van der Waals surface area contributed by atoms with E-state index < -0.39 is 11.8 Å². The molecule has 0 radical (unpaired) electrons. The number of hydrogen-bond acceptors (Lipinski definition) is 4. The van der Waals surface area contributed by atoms with Gasteiger partial charge >= 0.3 is 0 Å². The number of phenols is 1. The average molecular weight is 302 g/mol. The van der Waals surface area contributed by atoms with Crippen LogP contribution in [0.25, 0.3) is 6.08 Å². The molecule has 0 spiro atoms. The number of rotatable bonds is 3. The molecule has 0 aromatic heterocycles. The largest absolute Gasteiger partial charge is 0.508 e. The smallest absolute Gasteiger partial charge is 0.265 e. The highest BCUT2D eigenvalue weighted by Gasteiger charge is 2.32. The SMILES string of the molecule is C=CCN1C(=O)C(=Cc2ccc(O)c(C)c2)C(=O)NC1=S. The van der Waals surface area contributed by atoms with Crippen molar-refractivity contribution >= 4 is 35.2 Å². The summed E-state index contributed by atoms with van der Waals surface area (Å²) in [4.78, 5) is 25.5. The van der Waals surface area contributed by atoms with Crippen LogP contribution in [0.4, 0.5) is 0 Å². The molecule has 2 N–H and O–H groups in total. The van der Waals surface area contributed by atoms with E-state index in [0.717, 1.165) is 0 Å². The number of benzene rings is 1. The van der Waals surface area contributed by atoms with Crippen LogP contribution in [0.1, 0.15) is 11.1 Å². The van der Waals surface area contributed by atoms with Gasteiger partial charge in [-0.05, 0) is 48.5 Å². The molecule has 0 bridgehead atoms. The van der Waals surface area contributed by atoms with Gasteiger partial charge < -0.3 is 5.11 Å². The fourth-order valence-corrected chi connectivity index (χ4v) is 2.17. The van der Waals surface area contributed by atoms with Crippen molar-refractivity contribution in [1.82, 2.24) is 10.2 Å². The van der Waals surface area contributed by atoms with Crippen molar-refractivity contribution in [3.63, 3.8) is 0 Å². The second-order valence-corrected chi connectivity index (χ2v) is 4.95. The van der Waals surface area contributed by atoms with Crippen LogP contribution in [-0.2, 0) is 9.59 Å². The van der Waals surface area contributed by atoms with Crippen LogP contribution >= 0.6 is 12.2 Å². The number of aromatic hydroxyl groups is 1. The molecule has 1 aliphatic rings. The van der Waals surface area contributed by atoms with Gasteiger partial charge in [0.1, 0.15) is 11.3 Å². The monoisotopic (exact) mass is 302 g/mol. The van der Waals surface area contributed by atoms with Crippen LogP contribution in [0.5, 0.6) is 5.75 Å². The topological polar surface area (TPSA) is 69.6 Å². The summed E-state index contributed by atoms with van der Waals surface area (Å²) in [6.07, 6.45) is 3.01. The number of carbonyl (C=O) groups excluding carboxylic acids is 2. The van der Waals surface area contributed by atoms with Gasteiger partial charge in [-0.25, -0.2) is 0 Å². The minimum Gasteiger partial charge on any atom is -0.508 e. The van der Waals surface area contributed by atoms with E-state index in [-0.39, 0.29) is 23.0 Å². The fourth-order valence-electron chi connectivity index (χ4n) is 1.92. The van der Waals surface area contributed by atoms with E-state index in [1.54, 1.807) is 19.1 Å². The van der Waals surface area contributed by atoms with Gasteiger partial charge in [0.2, 0.25) is 0 Å². The second-order valence-electron chi connectivity index (χ2n) is 4.57. The maximum absolute atomic E-state index is 12.3. The standard InChI is InChI=1S/C15H14N2O3S/c1-3-6-17-14(20)11(13(19)16-15(17)21)8-10-4-5-12(18)9(2)7-10/h3-5,7-8,18H,1,6H2,2H3,(H,16,19,21). The van der Waals surface area contributed by atoms with Gasteiger partial charge in [-0.15, -0.1) is 6.58 Å². The van der Waals surface area contributed by atoms with Crippen LogP contribution in [0.3, 0.4) is 0 Å². The Bertz CT molecular complexity index is 679. The molecule has 1 aromatic rings. The third-order valence-corrected chi connectivity index (χ3v) is 3.35. The van der Waals surface area contributed by atoms with Crippen LogP contribution < -0.4 is 5.32 Å². The zero-order chi connectivity index (χ0) is 15.6. The maximum atomic E-state index is 12.3. The van der Waals surface area contributed by atoms with Crippen molar-refractivity contribution in [2.45, 2.75) is 6.92 Å². The van der Waals surface area contributed by atoms with Gasteiger partial charge in [0.15, 0.2) is 5.11 Å². The number of nitrogens with one attached hydrogen (secondary N) is 1. The molecule has 21 heavy (non-hydrogen) atoms. The van der Waals surface area contributed by atoms with Crippen molar-refractivity contribution in [1.29, 1.82) is 0 Å². The number of hydrogen-bond donors (Lipinski definition) is 2. The molecule has 108 valence electrons. The Balaban J connectivity index is 2.40. The van der Waals surface area contributed by atoms with Crippen molar-refractivity contribution in [2.24, 2.45) is 0 Å². The Morgan fingerprint density at radius 1 is 1.43 bits per heavy atom. The molecule has 1 fully saturated rings. The van der Waals surface area contributed by atoms with Crippen molar-refractivity contribution in [3.8, 4) is 5.75 Å². The van der Waals surface area contributed by atoms with E-state index in [2.05, 4.69) is 11.9 Å². The lowest BCUT2D eigenvalue weighted by Gasteiger charge is -2.27. The molecule has 0 atom stereocenters. The normalized spacial score (nSPS) is 17.1. The van der Waals surface area contributed by atoms with Crippen molar-refractivity contribution < 1.29 is 14.7 Å². The highest BCUT2D eigenvalue weighted by Crippen LogP contribution is 2.20. The van der Waals surface area contributed by atoms with E-state index in [1.165, 1.54) is 23.1 Å². The summed E-state index contributed by atoms with van der Waals surface area (Å²) in [7, 11) is 0. The van der Waals surface area contributed by atoms with Crippen LogP contribution in [0.2, 0.25) is 0 Å². The highest BCUT2D eigenvalue weighted by molar-refractivity contribution is 7.80. The molecule has 1 saturated heterocycles. The Kier molecular flexibility index (Phi) is 4.18. The van der Waals surface area contributed by atoms with Gasteiger partial charge in [-0.2, -0.15) is 0 Å². The highest BCUT2D eigenvalue weighted by atomic mass is 32.1. The molecule has 1 aliphatic heterocycles. The Morgan fingerprint density at radius 2 is 2.14 bits per heavy atom. The van der Waals surface area contributed by atoms with Crippen molar-refractivity contribution in [3.05, 3.63) is 47.6 Å². The van der Waals surface area contributed by atoms with Gasteiger partial charge in [-0.3, -0.25) is 19.8 Å². The Hall–Kier alpha value is -2.47. The molecule has 1 aromatic carbocycles. The summed E-state index contributed by atoms with van der Waals surface area (Å²) >= 11 is 4.97. The number of thiocarbonyl (C=S) groups is 1. The lowest BCUT2D eigenvalue weighted by Crippen LogP contribution is -2.53. The Morgan fingerprint density at radius 3 is 2.76 bits per heavy atom. The van der Waals surface area contributed by atoms with E-state index in [1.807, 2.05) is 0 Å². The number of aryl methyl sites for hydroxylation is 1. The van der Waals surface area contributed by atoms with Gasteiger partial charge in [0.25, 0.3) is 11.8 Å². The number of nitrogens with zero attached hydrogens (tertiary/aromatic N) is 1. The number of amides is 2. The summed E-state index contributed by atoms with van der Waals surface area (Å²) in [5.41, 5.74) is 1.30. The first-order chi connectivity index (χ1) is 9.93. The zero-order valence-electron chi connectivity index (χ0n) is 11.4. The molecule has 1 heterocycles. The second kappa shape index (κ2) is 5.88. The Labute approximate surface area is 127 Å². The van der Waals surface area contributed by atoms with Crippen LogP contribution in [0, 0.1) is 6.92 Å². The molecule has 2 amide bonds. The molecule has 0 unspecified atom stereocenters. The molecule has 6 heteroatoms. The van der Waals surface area contributed by atoms with Crippen molar-refractivity contribution in [2.75, 3.05) is 6.54 Å².